The minimum atomic E-state index is -0.930. The number of hydrogen-bond donors (Lipinski definition) is 1. The molecule has 2 rings (SSSR count). The van der Waals surface area contributed by atoms with E-state index in [-0.39, 0.29) is 18.9 Å². The highest BCUT2D eigenvalue weighted by atomic mass is 16.5. The lowest BCUT2D eigenvalue weighted by atomic mass is 10.1. The lowest BCUT2D eigenvalue weighted by Gasteiger charge is -2.34. The summed E-state index contributed by atoms with van der Waals surface area (Å²) in [5.74, 6) is -0.660. The van der Waals surface area contributed by atoms with E-state index in [1.807, 2.05) is 11.6 Å². The second-order valence-corrected chi connectivity index (χ2v) is 6.04. The lowest BCUT2D eigenvalue weighted by molar-refractivity contribution is -0.139. The third-order valence-corrected chi connectivity index (χ3v) is 3.77. The van der Waals surface area contributed by atoms with Crippen LogP contribution in [0.1, 0.15) is 36.3 Å². The Morgan fingerprint density at radius 2 is 2.23 bits per heavy atom. The smallest absolute Gasteiger partial charge is 0.305 e. The molecule has 1 unspecified atom stereocenters. The van der Waals surface area contributed by atoms with Gasteiger partial charge in [0.05, 0.1) is 37.4 Å². The number of aromatic nitrogens is 2. The standard InChI is InChI=1S/C15H23N3O4/c1-10(2)8-18-11(3)13(7-16-18)15(21)17-4-5-22-9-12(17)6-14(19)20/h7,10,12H,4-6,8-9H2,1-3H3,(H,19,20). The molecule has 0 spiro atoms. The molecule has 0 aliphatic carbocycles. The van der Waals surface area contributed by atoms with Gasteiger partial charge in [-0.3, -0.25) is 14.3 Å². The molecule has 7 heteroatoms. The summed E-state index contributed by atoms with van der Waals surface area (Å²) < 4.78 is 7.13. The van der Waals surface area contributed by atoms with Crippen LogP contribution in [0, 0.1) is 12.8 Å². The van der Waals surface area contributed by atoms with E-state index in [4.69, 9.17) is 9.84 Å². The van der Waals surface area contributed by atoms with Crippen LogP contribution in [0.25, 0.3) is 0 Å². The maximum Gasteiger partial charge on any atom is 0.305 e. The Morgan fingerprint density at radius 3 is 2.86 bits per heavy atom. The number of morpholine rings is 1. The van der Waals surface area contributed by atoms with Crippen molar-refractivity contribution in [1.82, 2.24) is 14.7 Å². The molecule has 1 atom stereocenters. The first-order valence-corrected chi connectivity index (χ1v) is 7.53. The third-order valence-electron chi connectivity index (χ3n) is 3.77. The van der Waals surface area contributed by atoms with Gasteiger partial charge in [-0.1, -0.05) is 13.8 Å². The molecule has 122 valence electrons. The van der Waals surface area contributed by atoms with Crippen molar-refractivity contribution in [1.29, 1.82) is 0 Å². The van der Waals surface area contributed by atoms with E-state index in [9.17, 15) is 9.59 Å². The van der Waals surface area contributed by atoms with Crippen LogP contribution in [0.5, 0.6) is 0 Å². The maximum atomic E-state index is 12.7. The zero-order valence-electron chi connectivity index (χ0n) is 13.3. The molecule has 1 saturated heterocycles. The Hall–Kier alpha value is -1.89. The topological polar surface area (TPSA) is 84.7 Å². The highest BCUT2D eigenvalue weighted by molar-refractivity contribution is 5.95. The molecule has 0 saturated carbocycles. The monoisotopic (exact) mass is 309 g/mol. The number of ether oxygens (including phenoxy) is 1. The molecule has 1 aliphatic heterocycles. The van der Waals surface area contributed by atoms with Crippen molar-refractivity contribution < 1.29 is 19.4 Å². The van der Waals surface area contributed by atoms with Crippen LogP contribution in [0.15, 0.2) is 6.20 Å². The van der Waals surface area contributed by atoms with E-state index in [2.05, 4.69) is 18.9 Å². The number of carbonyl (C=O) groups is 2. The van der Waals surface area contributed by atoms with Crippen LogP contribution in [-0.4, -0.2) is 57.5 Å². The number of nitrogens with zero attached hydrogens (tertiary/aromatic N) is 3. The fraction of sp³-hybridized carbons (Fsp3) is 0.667. The molecule has 7 nitrogen and oxygen atoms in total. The normalized spacial score (nSPS) is 18.7. The summed E-state index contributed by atoms with van der Waals surface area (Å²) in [4.78, 5) is 25.3. The van der Waals surface area contributed by atoms with E-state index < -0.39 is 12.0 Å². The summed E-state index contributed by atoms with van der Waals surface area (Å²) >= 11 is 0. The fourth-order valence-electron chi connectivity index (χ4n) is 2.63. The Labute approximate surface area is 129 Å². The van der Waals surface area contributed by atoms with Crippen LogP contribution < -0.4 is 0 Å². The average Bonchev–Trinajstić information content (AvgIpc) is 2.79. The quantitative estimate of drug-likeness (QED) is 0.882. The number of rotatable bonds is 5. The molecule has 1 fully saturated rings. The molecule has 0 radical (unpaired) electrons. The molecule has 0 aromatic carbocycles. The van der Waals surface area contributed by atoms with Crippen LogP contribution in [0.2, 0.25) is 0 Å². The van der Waals surface area contributed by atoms with Crippen LogP contribution in [0.4, 0.5) is 0 Å². The van der Waals surface area contributed by atoms with Crippen molar-refractivity contribution in [3.8, 4) is 0 Å². The summed E-state index contributed by atoms with van der Waals surface area (Å²) in [6.45, 7) is 7.90. The predicted molar refractivity (Wildman–Crippen MR) is 79.7 cm³/mol. The Bertz CT molecular complexity index is 553. The summed E-state index contributed by atoms with van der Waals surface area (Å²) in [5, 5.41) is 13.3. The van der Waals surface area contributed by atoms with Gasteiger partial charge in [0.15, 0.2) is 0 Å². The molecular formula is C15H23N3O4. The van der Waals surface area contributed by atoms with Gasteiger partial charge in [0.25, 0.3) is 5.91 Å². The van der Waals surface area contributed by atoms with Crippen molar-refractivity contribution in [3.63, 3.8) is 0 Å². The first-order valence-electron chi connectivity index (χ1n) is 7.53. The van der Waals surface area contributed by atoms with Gasteiger partial charge >= 0.3 is 5.97 Å². The third kappa shape index (κ3) is 3.65. The maximum absolute atomic E-state index is 12.7. The van der Waals surface area contributed by atoms with E-state index in [1.54, 1.807) is 11.1 Å². The average molecular weight is 309 g/mol. The molecular weight excluding hydrogens is 286 g/mol. The van der Waals surface area contributed by atoms with Crippen LogP contribution in [-0.2, 0) is 16.1 Å². The van der Waals surface area contributed by atoms with Gasteiger partial charge in [0, 0.05) is 18.8 Å². The minimum Gasteiger partial charge on any atom is -0.481 e. The van der Waals surface area contributed by atoms with E-state index in [0.717, 1.165) is 12.2 Å². The zero-order chi connectivity index (χ0) is 16.3. The summed E-state index contributed by atoms with van der Waals surface area (Å²) in [5.41, 5.74) is 1.36. The largest absolute Gasteiger partial charge is 0.481 e. The van der Waals surface area contributed by atoms with Crippen molar-refractivity contribution in [3.05, 3.63) is 17.5 Å². The van der Waals surface area contributed by atoms with Gasteiger partial charge < -0.3 is 14.7 Å². The molecule has 22 heavy (non-hydrogen) atoms. The number of hydrogen-bond acceptors (Lipinski definition) is 4. The van der Waals surface area contributed by atoms with E-state index >= 15 is 0 Å². The van der Waals surface area contributed by atoms with Crippen molar-refractivity contribution in [2.45, 2.75) is 39.8 Å². The summed E-state index contributed by atoms with van der Waals surface area (Å²) in [6.07, 6.45) is 1.47. The van der Waals surface area contributed by atoms with E-state index in [1.165, 1.54) is 0 Å². The first kappa shape index (κ1) is 16.5. The SMILES string of the molecule is Cc1c(C(=O)N2CCOCC2CC(=O)O)cnn1CC(C)C. The second kappa shape index (κ2) is 6.91. The van der Waals surface area contributed by atoms with Gasteiger partial charge in [-0.15, -0.1) is 0 Å². The second-order valence-electron chi connectivity index (χ2n) is 6.04. The van der Waals surface area contributed by atoms with Crippen molar-refractivity contribution >= 4 is 11.9 Å². The molecule has 1 aliphatic rings. The molecule has 2 heterocycles. The number of aliphatic carboxylic acids is 1. The predicted octanol–water partition coefficient (Wildman–Crippen LogP) is 1.16. The molecule has 1 amide bonds. The lowest BCUT2D eigenvalue weighted by Crippen LogP contribution is -2.49. The van der Waals surface area contributed by atoms with Gasteiger partial charge in [-0.25, -0.2) is 0 Å². The first-order chi connectivity index (χ1) is 10.4. The Balaban J connectivity index is 2.18. The molecule has 1 aromatic heterocycles. The fourth-order valence-corrected chi connectivity index (χ4v) is 2.63. The zero-order valence-corrected chi connectivity index (χ0v) is 13.3. The van der Waals surface area contributed by atoms with Crippen LogP contribution in [0.3, 0.4) is 0 Å². The summed E-state index contributed by atoms with van der Waals surface area (Å²) in [6, 6.07) is -0.424. The number of carboxylic acid groups (broad SMARTS) is 1. The molecule has 0 bridgehead atoms. The van der Waals surface area contributed by atoms with Gasteiger partial charge in [-0.2, -0.15) is 5.10 Å². The number of carboxylic acids is 1. The Kier molecular flexibility index (Phi) is 5.18. The van der Waals surface area contributed by atoms with E-state index in [0.29, 0.717) is 24.6 Å². The Morgan fingerprint density at radius 1 is 1.50 bits per heavy atom. The van der Waals surface area contributed by atoms with Gasteiger partial charge in [-0.05, 0) is 12.8 Å². The van der Waals surface area contributed by atoms with Crippen molar-refractivity contribution in [2.24, 2.45) is 5.92 Å². The highest BCUT2D eigenvalue weighted by Gasteiger charge is 2.31. The van der Waals surface area contributed by atoms with Crippen molar-refractivity contribution in [2.75, 3.05) is 19.8 Å². The molecule has 1 aromatic rings. The van der Waals surface area contributed by atoms with Gasteiger partial charge in [0.2, 0.25) is 0 Å². The highest BCUT2D eigenvalue weighted by Crippen LogP contribution is 2.18. The minimum absolute atomic E-state index is 0.106. The molecule has 1 N–H and O–H groups in total. The number of amides is 1. The van der Waals surface area contributed by atoms with Crippen LogP contribution >= 0.6 is 0 Å². The number of carbonyl (C=O) groups excluding carboxylic acids is 1. The van der Waals surface area contributed by atoms with Gasteiger partial charge in [0.1, 0.15) is 0 Å². The summed E-state index contributed by atoms with van der Waals surface area (Å²) in [7, 11) is 0.